The maximum absolute atomic E-state index is 14.0. The molecule has 0 aliphatic carbocycles. The van der Waals surface area contributed by atoms with E-state index in [1.165, 1.54) is 0 Å². The van der Waals surface area contributed by atoms with Crippen molar-refractivity contribution in [1.29, 1.82) is 0 Å². The Labute approximate surface area is 187 Å². The fourth-order valence-electron chi connectivity index (χ4n) is 3.72. The van der Waals surface area contributed by atoms with Crippen LogP contribution in [0.3, 0.4) is 0 Å². The van der Waals surface area contributed by atoms with E-state index in [0.717, 1.165) is 16.7 Å². The summed E-state index contributed by atoms with van der Waals surface area (Å²) in [5.74, 6) is 0.387. The number of hydrogen-bond donors (Lipinski definition) is 2. The summed E-state index contributed by atoms with van der Waals surface area (Å²) in [5.41, 5.74) is 1.66. The van der Waals surface area contributed by atoms with E-state index in [4.69, 9.17) is 9.05 Å². The van der Waals surface area contributed by atoms with Crippen LogP contribution in [0.25, 0.3) is 0 Å². The molecule has 0 fully saturated rings. The van der Waals surface area contributed by atoms with Crippen LogP contribution in [0.15, 0.2) is 36.4 Å². The highest BCUT2D eigenvalue weighted by Gasteiger charge is 2.40. The summed E-state index contributed by atoms with van der Waals surface area (Å²) >= 11 is 0. The second-order valence-corrected chi connectivity index (χ2v) is 11.9. The Morgan fingerprint density at radius 1 is 0.806 bits per heavy atom. The molecule has 2 N–H and O–H groups in total. The van der Waals surface area contributed by atoms with E-state index in [9.17, 15) is 14.8 Å². The van der Waals surface area contributed by atoms with Gasteiger partial charge in [-0.05, 0) is 59.1 Å². The number of hydrogen-bond acceptors (Lipinski definition) is 5. The van der Waals surface area contributed by atoms with Crippen molar-refractivity contribution in [2.45, 2.75) is 71.9 Å². The minimum atomic E-state index is -3.61. The molecule has 0 radical (unpaired) electrons. The third kappa shape index (κ3) is 5.71. The molecule has 0 aromatic heterocycles. The molecule has 172 valence electrons. The Kier molecular flexibility index (Phi) is 7.68. The Morgan fingerprint density at radius 3 is 1.58 bits per heavy atom. The Bertz CT molecular complexity index is 891. The first-order valence-electron chi connectivity index (χ1n) is 10.8. The molecular weight excluding hydrogens is 411 g/mol. The molecule has 1 unspecified atom stereocenters. The lowest BCUT2D eigenvalue weighted by molar-refractivity contribution is 0.215. The largest absolute Gasteiger partial charge is 0.508 e. The summed E-state index contributed by atoms with van der Waals surface area (Å²) in [4.78, 5) is 0. The fraction of sp³-hybridized carbons (Fsp3) is 0.520. The Morgan fingerprint density at radius 2 is 1.23 bits per heavy atom. The molecule has 6 heteroatoms. The van der Waals surface area contributed by atoms with Crippen LogP contribution in [-0.2, 0) is 24.4 Å². The zero-order valence-electron chi connectivity index (χ0n) is 20.0. The van der Waals surface area contributed by atoms with Crippen molar-refractivity contribution in [2.75, 3.05) is 13.2 Å². The van der Waals surface area contributed by atoms with Crippen LogP contribution in [0.1, 0.15) is 83.3 Å². The minimum Gasteiger partial charge on any atom is -0.508 e. The van der Waals surface area contributed by atoms with E-state index in [0.29, 0.717) is 5.56 Å². The summed E-state index contributed by atoms with van der Waals surface area (Å²) in [6.45, 7) is 16.3. The van der Waals surface area contributed by atoms with Gasteiger partial charge in [0.05, 0.1) is 13.2 Å². The predicted molar refractivity (Wildman–Crippen MR) is 126 cm³/mol. The van der Waals surface area contributed by atoms with Gasteiger partial charge in [0.1, 0.15) is 17.2 Å². The Balaban J connectivity index is 2.91. The van der Waals surface area contributed by atoms with Crippen LogP contribution >= 0.6 is 7.60 Å². The van der Waals surface area contributed by atoms with Gasteiger partial charge < -0.3 is 19.3 Å². The van der Waals surface area contributed by atoms with Crippen molar-refractivity contribution in [3.63, 3.8) is 0 Å². The number of rotatable bonds is 7. The molecule has 0 heterocycles. The van der Waals surface area contributed by atoms with Crippen LogP contribution in [0.5, 0.6) is 11.5 Å². The van der Waals surface area contributed by atoms with Gasteiger partial charge in [-0.2, -0.15) is 0 Å². The molecule has 31 heavy (non-hydrogen) atoms. The smallest absolute Gasteiger partial charge is 0.342 e. The first-order valence-corrected chi connectivity index (χ1v) is 12.4. The third-order valence-corrected chi connectivity index (χ3v) is 7.67. The van der Waals surface area contributed by atoms with Crippen molar-refractivity contribution < 1.29 is 23.8 Å². The van der Waals surface area contributed by atoms with Crippen LogP contribution in [0.4, 0.5) is 0 Å². The van der Waals surface area contributed by atoms with Gasteiger partial charge in [-0.3, -0.25) is 4.57 Å². The maximum Gasteiger partial charge on any atom is 0.342 e. The quantitative estimate of drug-likeness (QED) is 0.444. The lowest BCUT2D eigenvalue weighted by Gasteiger charge is -2.32. The van der Waals surface area contributed by atoms with Gasteiger partial charge in [0.15, 0.2) is 0 Å². The van der Waals surface area contributed by atoms with Crippen molar-refractivity contribution in [3.8, 4) is 11.5 Å². The first kappa shape index (κ1) is 25.5. The molecule has 1 atom stereocenters. The summed E-state index contributed by atoms with van der Waals surface area (Å²) < 4.78 is 25.6. The highest BCUT2D eigenvalue weighted by atomic mass is 31.2. The van der Waals surface area contributed by atoms with Crippen LogP contribution in [0, 0.1) is 0 Å². The van der Waals surface area contributed by atoms with Gasteiger partial charge >= 0.3 is 7.60 Å². The summed E-state index contributed by atoms with van der Waals surface area (Å²) in [6.07, 6.45) is 0. The average Bonchev–Trinajstić information content (AvgIpc) is 2.63. The second-order valence-electron chi connectivity index (χ2n) is 9.83. The van der Waals surface area contributed by atoms with Crippen molar-refractivity contribution in [1.82, 2.24) is 0 Å². The molecule has 2 aromatic carbocycles. The lowest BCUT2D eigenvalue weighted by atomic mass is 9.78. The molecule has 0 saturated carbocycles. The summed E-state index contributed by atoms with van der Waals surface area (Å²) in [7, 11) is -3.61. The first-order chi connectivity index (χ1) is 14.2. The zero-order valence-corrected chi connectivity index (χ0v) is 20.9. The minimum absolute atomic E-state index is 0.126. The normalized spacial score (nSPS) is 13.9. The van der Waals surface area contributed by atoms with Crippen molar-refractivity contribution >= 4 is 7.60 Å². The van der Waals surface area contributed by atoms with Gasteiger partial charge in [0.25, 0.3) is 0 Å². The van der Waals surface area contributed by atoms with Gasteiger partial charge in [-0.15, -0.1) is 0 Å². The SMILES string of the molecule is CCOP(=O)(OCC)C(c1ccc(O)cc1)c1cc(C(C)(C)C)c(O)c(C(C)(C)C)c1. The Hall–Kier alpha value is -1.81. The van der Waals surface area contributed by atoms with Crippen molar-refractivity contribution in [2.24, 2.45) is 0 Å². The van der Waals surface area contributed by atoms with Crippen LogP contribution < -0.4 is 0 Å². The van der Waals surface area contributed by atoms with E-state index in [-0.39, 0.29) is 35.5 Å². The number of aromatic hydroxyl groups is 2. The van der Waals surface area contributed by atoms with Crippen LogP contribution in [-0.4, -0.2) is 23.4 Å². The van der Waals surface area contributed by atoms with E-state index in [1.54, 1.807) is 38.1 Å². The monoisotopic (exact) mass is 448 g/mol. The molecule has 0 bridgehead atoms. The molecule has 5 nitrogen and oxygen atoms in total. The summed E-state index contributed by atoms with van der Waals surface area (Å²) in [6, 6.07) is 10.4. The van der Waals surface area contributed by atoms with Gasteiger partial charge in [-0.25, -0.2) is 0 Å². The molecule has 2 aromatic rings. The third-order valence-electron chi connectivity index (χ3n) is 5.21. The number of benzene rings is 2. The molecule has 0 saturated heterocycles. The van der Waals surface area contributed by atoms with E-state index < -0.39 is 13.3 Å². The molecule has 0 aliphatic rings. The number of phenolic OH excluding ortho intramolecular Hbond substituents is 2. The molecular formula is C25H37O5P. The fourth-order valence-corrected chi connectivity index (χ4v) is 5.86. The van der Waals surface area contributed by atoms with Crippen molar-refractivity contribution in [3.05, 3.63) is 58.7 Å². The molecule has 2 rings (SSSR count). The molecule has 0 spiro atoms. The predicted octanol–water partition coefficient (Wildman–Crippen LogP) is 7.05. The number of phenols is 2. The van der Waals surface area contributed by atoms with E-state index >= 15 is 0 Å². The summed E-state index contributed by atoms with van der Waals surface area (Å²) in [5, 5.41) is 20.9. The maximum atomic E-state index is 14.0. The topological polar surface area (TPSA) is 76.0 Å². The van der Waals surface area contributed by atoms with E-state index in [1.807, 2.05) is 53.7 Å². The molecule has 0 aliphatic heterocycles. The average molecular weight is 449 g/mol. The lowest BCUT2D eigenvalue weighted by Crippen LogP contribution is -2.19. The zero-order chi connectivity index (χ0) is 23.6. The highest BCUT2D eigenvalue weighted by Crippen LogP contribution is 2.64. The van der Waals surface area contributed by atoms with Gasteiger partial charge in [0.2, 0.25) is 0 Å². The van der Waals surface area contributed by atoms with E-state index in [2.05, 4.69) is 0 Å². The van der Waals surface area contributed by atoms with Gasteiger partial charge in [-0.1, -0.05) is 65.8 Å². The van der Waals surface area contributed by atoms with Gasteiger partial charge in [0, 0.05) is 0 Å². The second kappa shape index (κ2) is 9.36. The highest BCUT2D eigenvalue weighted by molar-refractivity contribution is 7.54. The molecule has 0 amide bonds. The standard InChI is InChI=1S/C25H37O5P/c1-9-29-31(28,30-10-2)23(17-11-13-19(26)14-12-17)18-15-20(24(3,4)5)22(27)21(16-18)25(6,7)8/h11-16,23,26-27H,9-10H2,1-8H3. The van der Waals surface area contributed by atoms with Crippen LogP contribution in [0.2, 0.25) is 0 Å².